The summed E-state index contributed by atoms with van der Waals surface area (Å²) in [7, 11) is 0. The molecule has 1 atom stereocenters. The van der Waals surface area contributed by atoms with Gasteiger partial charge in [0.15, 0.2) is 0 Å². The van der Waals surface area contributed by atoms with Crippen LogP contribution in [0.3, 0.4) is 0 Å². The van der Waals surface area contributed by atoms with Crippen LogP contribution in [-0.4, -0.2) is 25.4 Å². The minimum atomic E-state index is -0.739. The third-order valence-electron chi connectivity index (χ3n) is 1.25. The van der Waals surface area contributed by atoms with E-state index in [4.69, 9.17) is 15.2 Å². The quantitative estimate of drug-likeness (QED) is 0.651. The molecule has 0 radical (unpaired) electrons. The van der Waals surface area contributed by atoms with Crippen molar-refractivity contribution in [3.63, 3.8) is 0 Å². The van der Waals surface area contributed by atoms with Gasteiger partial charge < -0.3 is 15.2 Å². The van der Waals surface area contributed by atoms with E-state index in [1.165, 1.54) is 0 Å². The lowest BCUT2D eigenvalue weighted by molar-refractivity contribution is 0.0262. The number of hydrogen-bond donors (Lipinski definition) is 1. The summed E-state index contributed by atoms with van der Waals surface area (Å²) in [4.78, 5) is 10.3. The molecule has 0 aromatic rings. The van der Waals surface area contributed by atoms with Gasteiger partial charge in [0, 0.05) is 6.61 Å². The Bertz CT molecular complexity index is 116. The SMILES string of the molecule is CCOCC(CC)OC(N)=O. The zero-order valence-corrected chi connectivity index (χ0v) is 7.00. The first kappa shape index (κ1) is 10.2. The first-order chi connectivity index (χ1) is 5.20. The van der Waals surface area contributed by atoms with Crippen molar-refractivity contribution in [2.75, 3.05) is 13.2 Å². The molecular weight excluding hydrogens is 146 g/mol. The second-order valence-corrected chi connectivity index (χ2v) is 2.13. The molecule has 0 rings (SSSR count). The number of ether oxygens (including phenoxy) is 2. The van der Waals surface area contributed by atoms with Crippen LogP contribution in [-0.2, 0) is 9.47 Å². The van der Waals surface area contributed by atoms with E-state index in [-0.39, 0.29) is 6.10 Å². The minimum absolute atomic E-state index is 0.201. The molecule has 0 saturated heterocycles. The van der Waals surface area contributed by atoms with Crippen LogP contribution in [0.25, 0.3) is 0 Å². The van der Waals surface area contributed by atoms with E-state index in [0.717, 1.165) is 6.42 Å². The Balaban J connectivity index is 3.49. The van der Waals surface area contributed by atoms with Gasteiger partial charge in [-0.25, -0.2) is 4.79 Å². The molecule has 11 heavy (non-hydrogen) atoms. The highest BCUT2D eigenvalue weighted by Crippen LogP contribution is 1.98. The van der Waals surface area contributed by atoms with Crippen LogP contribution < -0.4 is 5.73 Å². The minimum Gasteiger partial charge on any atom is -0.444 e. The van der Waals surface area contributed by atoms with Crippen LogP contribution >= 0.6 is 0 Å². The van der Waals surface area contributed by atoms with Crippen molar-refractivity contribution in [1.29, 1.82) is 0 Å². The monoisotopic (exact) mass is 161 g/mol. The average Bonchev–Trinajstić information content (AvgIpc) is 1.97. The summed E-state index contributed by atoms with van der Waals surface area (Å²) in [5.74, 6) is 0. The maximum absolute atomic E-state index is 10.3. The summed E-state index contributed by atoms with van der Waals surface area (Å²) in [6.45, 7) is 4.85. The first-order valence-corrected chi connectivity index (χ1v) is 3.74. The van der Waals surface area contributed by atoms with Gasteiger partial charge in [-0.3, -0.25) is 0 Å². The molecule has 0 aliphatic carbocycles. The number of hydrogen-bond acceptors (Lipinski definition) is 3. The summed E-state index contributed by atoms with van der Waals surface area (Å²) >= 11 is 0. The Hall–Kier alpha value is -0.770. The summed E-state index contributed by atoms with van der Waals surface area (Å²) in [6, 6.07) is 0. The number of amides is 1. The zero-order valence-electron chi connectivity index (χ0n) is 7.00. The second-order valence-electron chi connectivity index (χ2n) is 2.13. The molecule has 0 heterocycles. The van der Waals surface area contributed by atoms with Crippen LogP contribution in [0.5, 0.6) is 0 Å². The van der Waals surface area contributed by atoms with Crippen LogP contribution in [0.15, 0.2) is 0 Å². The smallest absolute Gasteiger partial charge is 0.404 e. The molecule has 4 nitrogen and oxygen atoms in total. The van der Waals surface area contributed by atoms with Crippen molar-refractivity contribution in [1.82, 2.24) is 0 Å². The lowest BCUT2D eigenvalue weighted by Gasteiger charge is -2.13. The molecule has 0 aromatic heterocycles. The van der Waals surface area contributed by atoms with Gasteiger partial charge in [-0.2, -0.15) is 0 Å². The Morgan fingerprint density at radius 2 is 2.18 bits per heavy atom. The number of rotatable bonds is 5. The molecule has 0 aliphatic rings. The number of carbonyl (C=O) groups excluding carboxylic acids is 1. The van der Waals surface area contributed by atoms with Crippen molar-refractivity contribution < 1.29 is 14.3 Å². The molecule has 1 unspecified atom stereocenters. The number of nitrogens with two attached hydrogens (primary N) is 1. The van der Waals surface area contributed by atoms with Gasteiger partial charge in [0.1, 0.15) is 6.10 Å². The average molecular weight is 161 g/mol. The van der Waals surface area contributed by atoms with E-state index < -0.39 is 6.09 Å². The molecule has 0 aliphatic heterocycles. The molecule has 0 spiro atoms. The summed E-state index contributed by atoms with van der Waals surface area (Å²) in [6.07, 6.45) is -0.216. The van der Waals surface area contributed by atoms with Gasteiger partial charge in [-0.15, -0.1) is 0 Å². The number of carbonyl (C=O) groups is 1. The highest BCUT2D eigenvalue weighted by Gasteiger charge is 2.08. The van der Waals surface area contributed by atoms with E-state index in [1.54, 1.807) is 0 Å². The Labute approximate surface area is 66.7 Å². The molecule has 0 bridgehead atoms. The van der Waals surface area contributed by atoms with Crippen molar-refractivity contribution in [2.45, 2.75) is 26.4 Å². The second kappa shape index (κ2) is 5.97. The predicted octanol–water partition coefficient (Wildman–Crippen LogP) is 0.897. The van der Waals surface area contributed by atoms with Crippen molar-refractivity contribution in [3.05, 3.63) is 0 Å². The molecule has 4 heteroatoms. The molecule has 0 fully saturated rings. The van der Waals surface area contributed by atoms with E-state index in [1.807, 2.05) is 13.8 Å². The summed E-state index contributed by atoms with van der Waals surface area (Å²) in [5.41, 5.74) is 4.82. The topological polar surface area (TPSA) is 61.6 Å². The van der Waals surface area contributed by atoms with Crippen LogP contribution in [0.2, 0.25) is 0 Å². The van der Waals surface area contributed by atoms with E-state index in [9.17, 15) is 4.79 Å². The predicted molar refractivity (Wildman–Crippen MR) is 41.2 cm³/mol. The zero-order chi connectivity index (χ0) is 8.69. The third kappa shape index (κ3) is 5.66. The summed E-state index contributed by atoms with van der Waals surface area (Å²) in [5, 5.41) is 0. The fraction of sp³-hybridized carbons (Fsp3) is 0.857. The van der Waals surface area contributed by atoms with E-state index in [2.05, 4.69) is 0 Å². The van der Waals surface area contributed by atoms with Gasteiger partial charge in [-0.05, 0) is 13.3 Å². The maximum Gasteiger partial charge on any atom is 0.404 e. The number of primary amides is 1. The molecule has 0 saturated carbocycles. The Kier molecular flexibility index (Phi) is 5.56. The Morgan fingerprint density at radius 1 is 1.55 bits per heavy atom. The molecule has 66 valence electrons. The fourth-order valence-electron chi connectivity index (χ4n) is 0.649. The van der Waals surface area contributed by atoms with Gasteiger partial charge in [-0.1, -0.05) is 6.92 Å². The highest BCUT2D eigenvalue weighted by molar-refractivity contribution is 5.64. The van der Waals surface area contributed by atoms with Crippen molar-refractivity contribution in [2.24, 2.45) is 5.73 Å². The van der Waals surface area contributed by atoms with Gasteiger partial charge in [0.2, 0.25) is 0 Å². The van der Waals surface area contributed by atoms with E-state index >= 15 is 0 Å². The standard InChI is InChI=1S/C7H15NO3/c1-3-6(5-10-4-2)11-7(8)9/h6H,3-5H2,1-2H3,(H2,8,9). The third-order valence-corrected chi connectivity index (χ3v) is 1.25. The summed E-state index contributed by atoms with van der Waals surface area (Å²) < 4.78 is 9.77. The lowest BCUT2D eigenvalue weighted by Crippen LogP contribution is -2.26. The van der Waals surface area contributed by atoms with Crippen LogP contribution in [0, 0.1) is 0 Å². The van der Waals surface area contributed by atoms with Gasteiger partial charge in [0.25, 0.3) is 0 Å². The molecule has 1 amide bonds. The Morgan fingerprint density at radius 3 is 2.55 bits per heavy atom. The largest absolute Gasteiger partial charge is 0.444 e. The molecule has 2 N–H and O–H groups in total. The van der Waals surface area contributed by atoms with Crippen molar-refractivity contribution >= 4 is 6.09 Å². The molecular formula is C7H15NO3. The van der Waals surface area contributed by atoms with Crippen molar-refractivity contribution in [3.8, 4) is 0 Å². The van der Waals surface area contributed by atoms with E-state index in [0.29, 0.717) is 13.2 Å². The van der Waals surface area contributed by atoms with Crippen LogP contribution in [0.4, 0.5) is 4.79 Å². The lowest BCUT2D eigenvalue weighted by atomic mass is 10.3. The molecule has 0 aromatic carbocycles. The maximum atomic E-state index is 10.3. The van der Waals surface area contributed by atoms with Gasteiger partial charge in [0.05, 0.1) is 6.61 Å². The highest BCUT2D eigenvalue weighted by atomic mass is 16.6. The van der Waals surface area contributed by atoms with Crippen LogP contribution in [0.1, 0.15) is 20.3 Å². The van der Waals surface area contributed by atoms with Gasteiger partial charge >= 0.3 is 6.09 Å². The normalized spacial score (nSPS) is 12.5. The fourth-order valence-corrected chi connectivity index (χ4v) is 0.649. The first-order valence-electron chi connectivity index (χ1n) is 3.74.